The molecule has 0 spiro atoms. The van der Waals surface area contributed by atoms with E-state index in [4.69, 9.17) is 9.26 Å². The fraction of sp³-hybridized carbons (Fsp3) is 0.800. The molecule has 0 amide bonds. The van der Waals surface area contributed by atoms with E-state index in [1.54, 1.807) is 0 Å². The van der Waals surface area contributed by atoms with Crippen molar-refractivity contribution in [3.8, 4) is 0 Å². The Morgan fingerprint density at radius 2 is 2.40 bits per heavy atom. The maximum atomic E-state index is 5.33. The lowest BCUT2D eigenvalue weighted by Gasteiger charge is -2.25. The van der Waals surface area contributed by atoms with E-state index in [0.717, 1.165) is 38.4 Å². The zero-order chi connectivity index (χ0) is 10.5. The normalized spacial score (nSPS) is 16.6. The third-order valence-corrected chi connectivity index (χ3v) is 2.42. The summed E-state index contributed by atoms with van der Waals surface area (Å²) in [7, 11) is 0. The lowest BCUT2D eigenvalue weighted by molar-refractivity contribution is 0.114. The Bertz CT molecular complexity index is 297. The molecule has 0 atom stereocenters. The molecule has 1 aliphatic rings. The van der Waals surface area contributed by atoms with Crippen LogP contribution in [0.2, 0.25) is 0 Å². The molecule has 15 heavy (non-hydrogen) atoms. The minimum Gasteiger partial charge on any atom is -0.373 e. The van der Waals surface area contributed by atoms with Crippen molar-refractivity contribution in [2.45, 2.75) is 26.4 Å². The minimum atomic E-state index is 0.459. The average molecular weight is 211 g/mol. The van der Waals surface area contributed by atoms with Gasteiger partial charge in [-0.25, -0.2) is 0 Å². The van der Waals surface area contributed by atoms with Crippen LogP contribution in [0.3, 0.4) is 0 Å². The maximum Gasteiger partial charge on any atom is 0.227 e. The van der Waals surface area contributed by atoms with Crippen LogP contribution in [0, 0.1) is 5.92 Å². The zero-order valence-corrected chi connectivity index (χ0v) is 9.03. The van der Waals surface area contributed by atoms with E-state index in [0.29, 0.717) is 18.3 Å². The predicted molar refractivity (Wildman–Crippen MR) is 54.3 cm³/mol. The minimum absolute atomic E-state index is 0.459. The molecule has 5 nitrogen and oxygen atoms in total. The Balaban J connectivity index is 1.75. The van der Waals surface area contributed by atoms with Gasteiger partial charge in [-0.15, -0.1) is 0 Å². The van der Waals surface area contributed by atoms with Crippen molar-refractivity contribution in [2.75, 3.05) is 19.7 Å². The lowest BCUT2D eigenvalue weighted by atomic mass is 10.00. The Morgan fingerprint density at radius 3 is 3.07 bits per heavy atom. The van der Waals surface area contributed by atoms with Gasteiger partial charge in [0, 0.05) is 13.0 Å². The molecule has 1 saturated heterocycles. The molecule has 1 aromatic heterocycles. The van der Waals surface area contributed by atoms with Gasteiger partial charge in [-0.1, -0.05) is 12.1 Å². The number of hydrogen-bond donors (Lipinski definition) is 1. The molecule has 0 aliphatic carbocycles. The van der Waals surface area contributed by atoms with E-state index in [1.165, 1.54) is 0 Å². The smallest absolute Gasteiger partial charge is 0.227 e. The number of rotatable bonds is 6. The molecule has 84 valence electrons. The number of nitrogens with zero attached hydrogens (tertiary/aromatic N) is 2. The van der Waals surface area contributed by atoms with Gasteiger partial charge in [0.1, 0.15) is 6.61 Å². The second-order valence-electron chi connectivity index (χ2n) is 3.89. The van der Waals surface area contributed by atoms with Crippen molar-refractivity contribution in [2.24, 2.45) is 5.92 Å². The molecule has 0 saturated carbocycles. The second kappa shape index (κ2) is 5.23. The fourth-order valence-corrected chi connectivity index (χ4v) is 1.48. The first-order chi connectivity index (χ1) is 7.38. The van der Waals surface area contributed by atoms with Crippen LogP contribution in [0.25, 0.3) is 0 Å². The topological polar surface area (TPSA) is 60.2 Å². The summed E-state index contributed by atoms with van der Waals surface area (Å²) in [5.41, 5.74) is 0. The van der Waals surface area contributed by atoms with Crippen molar-refractivity contribution in [1.82, 2.24) is 15.5 Å². The van der Waals surface area contributed by atoms with Gasteiger partial charge >= 0.3 is 0 Å². The Kier molecular flexibility index (Phi) is 3.69. The summed E-state index contributed by atoms with van der Waals surface area (Å²) in [5.74, 6) is 2.05. The Morgan fingerprint density at radius 1 is 1.53 bits per heavy atom. The third kappa shape index (κ3) is 3.00. The van der Waals surface area contributed by atoms with E-state index >= 15 is 0 Å². The molecule has 5 heteroatoms. The Labute approximate surface area is 89.2 Å². The first-order valence-electron chi connectivity index (χ1n) is 5.48. The van der Waals surface area contributed by atoms with E-state index in [1.807, 2.05) is 0 Å². The van der Waals surface area contributed by atoms with Crippen molar-refractivity contribution < 1.29 is 9.26 Å². The van der Waals surface area contributed by atoms with Gasteiger partial charge in [-0.3, -0.25) is 0 Å². The van der Waals surface area contributed by atoms with Crippen LogP contribution in [-0.4, -0.2) is 29.8 Å². The Hall–Kier alpha value is -0.940. The van der Waals surface area contributed by atoms with Gasteiger partial charge in [-0.2, -0.15) is 4.98 Å². The van der Waals surface area contributed by atoms with Crippen LogP contribution in [0.15, 0.2) is 4.52 Å². The first kappa shape index (κ1) is 10.6. The monoisotopic (exact) mass is 211 g/mol. The van der Waals surface area contributed by atoms with Crippen molar-refractivity contribution in [3.05, 3.63) is 11.7 Å². The van der Waals surface area contributed by atoms with Gasteiger partial charge in [-0.05, 0) is 25.4 Å². The van der Waals surface area contributed by atoms with Crippen LogP contribution in [-0.2, 0) is 17.8 Å². The molecule has 0 bridgehead atoms. The van der Waals surface area contributed by atoms with Gasteiger partial charge < -0.3 is 14.6 Å². The molecule has 1 aromatic rings. The highest BCUT2D eigenvalue weighted by atomic mass is 16.5. The molecular weight excluding hydrogens is 194 g/mol. The molecule has 0 radical (unpaired) electrons. The SMILES string of the molecule is CCCOCc1noc(CC2CNC2)n1. The van der Waals surface area contributed by atoms with Gasteiger partial charge in [0.05, 0.1) is 0 Å². The molecule has 2 rings (SSSR count). The fourth-order valence-electron chi connectivity index (χ4n) is 1.48. The maximum absolute atomic E-state index is 5.33. The first-order valence-corrected chi connectivity index (χ1v) is 5.48. The molecule has 0 aromatic carbocycles. The van der Waals surface area contributed by atoms with Gasteiger partial charge in [0.2, 0.25) is 5.89 Å². The highest BCUT2D eigenvalue weighted by molar-refractivity contribution is 4.90. The summed E-state index contributed by atoms with van der Waals surface area (Å²) in [6, 6.07) is 0. The molecule has 2 heterocycles. The van der Waals surface area contributed by atoms with Gasteiger partial charge in [0.15, 0.2) is 5.82 Å². The van der Waals surface area contributed by atoms with E-state index in [2.05, 4.69) is 22.4 Å². The summed E-state index contributed by atoms with van der Waals surface area (Å²) >= 11 is 0. The molecule has 1 fully saturated rings. The summed E-state index contributed by atoms with van der Waals surface area (Å²) in [6.45, 7) is 5.40. The van der Waals surface area contributed by atoms with Crippen LogP contribution in [0.4, 0.5) is 0 Å². The van der Waals surface area contributed by atoms with Crippen molar-refractivity contribution in [3.63, 3.8) is 0 Å². The highest BCUT2D eigenvalue weighted by Crippen LogP contribution is 2.11. The molecular formula is C10H17N3O2. The summed E-state index contributed by atoms with van der Waals surface area (Å²) < 4.78 is 10.5. The van der Waals surface area contributed by atoms with E-state index in [9.17, 15) is 0 Å². The van der Waals surface area contributed by atoms with Crippen LogP contribution in [0.5, 0.6) is 0 Å². The average Bonchev–Trinajstić information content (AvgIpc) is 2.60. The third-order valence-electron chi connectivity index (χ3n) is 2.42. The van der Waals surface area contributed by atoms with Crippen molar-refractivity contribution in [1.29, 1.82) is 0 Å². The van der Waals surface area contributed by atoms with E-state index < -0.39 is 0 Å². The lowest BCUT2D eigenvalue weighted by Crippen LogP contribution is -2.43. The van der Waals surface area contributed by atoms with Crippen LogP contribution >= 0.6 is 0 Å². The molecule has 1 aliphatic heterocycles. The summed E-state index contributed by atoms with van der Waals surface area (Å²) in [4.78, 5) is 4.27. The van der Waals surface area contributed by atoms with Crippen LogP contribution < -0.4 is 5.32 Å². The summed E-state index contributed by atoms with van der Waals surface area (Å²) in [5, 5.41) is 7.08. The second-order valence-corrected chi connectivity index (χ2v) is 3.89. The molecule has 0 unspecified atom stereocenters. The largest absolute Gasteiger partial charge is 0.373 e. The van der Waals surface area contributed by atoms with Crippen LogP contribution in [0.1, 0.15) is 25.1 Å². The molecule has 1 N–H and O–H groups in total. The quantitative estimate of drug-likeness (QED) is 0.704. The highest BCUT2D eigenvalue weighted by Gasteiger charge is 2.20. The van der Waals surface area contributed by atoms with E-state index in [-0.39, 0.29) is 0 Å². The predicted octanol–water partition coefficient (Wildman–Crippen LogP) is 0.758. The van der Waals surface area contributed by atoms with Crippen molar-refractivity contribution >= 4 is 0 Å². The standard InChI is InChI=1S/C10H17N3O2/c1-2-3-14-7-9-12-10(15-13-9)4-8-5-11-6-8/h8,11H,2-7H2,1H3. The zero-order valence-electron chi connectivity index (χ0n) is 9.03. The number of hydrogen-bond acceptors (Lipinski definition) is 5. The number of aromatic nitrogens is 2. The number of ether oxygens (including phenoxy) is 1. The van der Waals surface area contributed by atoms with Gasteiger partial charge in [0.25, 0.3) is 0 Å². The summed E-state index contributed by atoms with van der Waals surface area (Å²) in [6.07, 6.45) is 1.90. The number of nitrogens with one attached hydrogen (secondary N) is 1.